The quantitative estimate of drug-likeness (QED) is 0.484. The van der Waals surface area contributed by atoms with E-state index in [2.05, 4.69) is 17.4 Å². The second-order valence-corrected chi connectivity index (χ2v) is 5.11. The number of nitrogens with zero attached hydrogens (tertiary/aromatic N) is 2. The summed E-state index contributed by atoms with van der Waals surface area (Å²) < 4.78 is 0. The molecule has 3 N–H and O–H groups in total. The zero-order chi connectivity index (χ0) is 13.8. The number of benzene rings is 1. The summed E-state index contributed by atoms with van der Waals surface area (Å²) in [4.78, 5) is 12.8. The summed E-state index contributed by atoms with van der Waals surface area (Å²) in [5.41, 5.74) is 3.67. The average Bonchev–Trinajstić information content (AvgIpc) is 2.92. The number of rotatable bonds is 5. The van der Waals surface area contributed by atoms with Crippen molar-refractivity contribution in [2.24, 2.45) is 5.84 Å². The van der Waals surface area contributed by atoms with Crippen LogP contribution in [0.25, 0.3) is 0 Å². The van der Waals surface area contributed by atoms with Crippen molar-refractivity contribution < 1.29 is 4.92 Å². The molecule has 104 valence electrons. The van der Waals surface area contributed by atoms with Gasteiger partial charge in [-0.05, 0) is 31.5 Å². The van der Waals surface area contributed by atoms with Crippen molar-refractivity contribution in [1.82, 2.24) is 4.90 Å². The lowest BCUT2D eigenvalue weighted by atomic mass is 10.1. The molecule has 0 atom stereocenters. The fraction of sp³-hybridized carbons (Fsp3) is 0.538. The highest BCUT2D eigenvalue weighted by atomic mass is 16.6. The number of nitrogens with two attached hydrogens (primary N) is 1. The Kier molecular flexibility index (Phi) is 4.34. The van der Waals surface area contributed by atoms with Crippen LogP contribution in [0.5, 0.6) is 0 Å². The molecule has 0 aromatic heterocycles. The summed E-state index contributed by atoms with van der Waals surface area (Å²) in [7, 11) is 2.08. The molecule has 0 saturated heterocycles. The Morgan fingerprint density at radius 2 is 2.16 bits per heavy atom. The Hall–Kier alpha value is -1.66. The fourth-order valence-corrected chi connectivity index (χ4v) is 2.71. The lowest BCUT2D eigenvalue weighted by Crippen LogP contribution is -2.28. The van der Waals surface area contributed by atoms with Gasteiger partial charge in [-0.25, -0.2) is 0 Å². The van der Waals surface area contributed by atoms with Crippen LogP contribution in [0, 0.1) is 10.1 Å². The van der Waals surface area contributed by atoms with E-state index in [1.54, 1.807) is 12.1 Å². The third kappa shape index (κ3) is 3.21. The molecule has 0 spiro atoms. The summed E-state index contributed by atoms with van der Waals surface area (Å²) in [6.45, 7) is 0.732. The first kappa shape index (κ1) is 13.8. The Labute approximate surface area is 112 Å². The van der Waals surface area contributed by atoms with Crippen molar-refractivity contribution in [2.45, 2.75) is 38.3 Å². The van der Waals surface area contributed by atoms with Gasteiger partial charge in [0, 0.05) is 18.7 Å². The van der Waals surface area contributed by atoms with E-state index >= 15 is 0 Å². The molecule has 0 bridgehead atoms. The number of nitrogens with one attached hydrogen (secondary N) is 1. The zero-order valence-electron chi connectivity index (χ0n) is 11.1. The van der Waals surface area contributed by atoms with E-state index in [1.165, 1.54) is 25.7 Å². The molecule has 19 heavy (non-hydrogen) atoms. The number of hydrazine groups is 1. The first-order chi connectivity index (χ1) is 9.11. The lowest BCUT2D eigenvalue weighted by molar-refractivity contribution is -0.384. The van der Waals surface area contributed by atoms with Crippen molar-refractivity contribution in [3.63, 3.8) is 0 Å². The van der Waals surface area contributed by atoms with Crippen molar-refractivity contribution in [2.75, 3.05) is 12.5 Å². The molecule has 1 aliphatic rings. The Morgan fingerprint density at radius 3 is 2.74 bits per heavy atom. The Morgan fingerprint density at radius 1 is 1.47 bits per heavy atom. The average molecular weight is 264 g/mol. The summed E-state index contributed by atoms with van der Waals surface area (Å²) >= 11 is 0. The summed E-state index contributed by atoms with van der Waals surface area (Å²) in [6.07, 6.45) is 5.01. The maximum Gasteiger partial charge on any atom is 0.293 e. The molecule has 0 heterocycles. The highest BCUT2D eigenvalue weighted by Gasteiger charge is 2.20. The molecule has 1 aromatic rings. The molecule has 2 rings (SSSR count). The largest absolute Gasteiger partial charge is 0.318 e. The van der Waals surface area contributed by atoms with Crippen LogP contribution in [0.2, 0.25) is 0 Å². The van der Waals surface area contributed by atoms with E-state index in [0.717, 1.165) is 12.1 Å². The van der Waals surface area contributed by atoms with Gasteiger partial charge in [0.1, 0.15) is 5.69 Å². The number of hydrogen-bond donors (Lipinski definition) is 2. The number of nitro groups is 1. The van der Waals surface area contributed by atoms with Crippen LogP contribution < -0.4 is 11.3 Å². The molecule has 6 heteroatoms. The minimum Gasteiger partial charge on any atom is -0.318 e. The van der Waals surface area contributed by atoms with Gasteiger partial charge in [0.25, 0.3) is 5.69 Å². The highest BCUT2D eigenvalue weighted by Crippen LogP contribution is 2.27. The van der Waals surface area contributed by atoms with Gasteiger partial charge in [-0.15, -0.1) is 0 Å². The number of nitrogen functional groups attached to an aromatic ring is 1. The van der Waals surface area contributed by atoms with Gasteiger partial charge in [0.05, 0.1) is 4.92 Å². The smallest absolute Gasteiger partial charge is 0.293 e. The van der Waals surface area contributed by atoms with Gasteiger partial charge >= 0.3 is 0 Å². The van der Waals surface area contributed by atoms with Gasteiger partial charge in [0.15, 0.2) is 0 Å². The van der Waals surface area contributed by atoms with E-state index in [1.807, 2.05) is 6.07 Å². The molecule has 1 aromatic carbocycles. The molecule has 0 radical (unpaired) electrons. The molecule has 1 aliphatic carbocycles. The molecule has 0 aliphatic heterocycles. The van der Waals surface area contributed by atoms with E-state index in [0.29, 0.717) is 11.7 Å². The molecular weight excluding hydrogens is 244 g/mol. The SMILES string of the molecule is CN(Cc1ccc(NN)c([N+](=O)[O-])c1)C1CCCC1. The second-order valence-electron chi connectivity index (χ2n) is 5.11. The molecule has 0 amide bonds. The lowest BCUT2D eigenvalue weighted by Gasteiger charge is -2.24. The van der Waals surface area contributed by atoms with Crippen LogP contribution in [0.15, 0.2) is 18.2 Å². The minimum atomic E-state index is -0.408. The third-order valence-corrected chi connectivity index (χ3v) is 3.79. The van der Waals surface area contributed by atoms with Crippen molar-refractivity contribution in [3.8, 4) is 0 Å². The monoisotopic (exact) mass is 264 g/mol. The normalized spacial score (nSPS) is 15.9. The minimum absolute atomic E-state index is 0.0276. The third-order valence-electron chi connectivity index (χ3n) is 3.79. The van der Waals surface area contributed by atoms with E-state index in [4.69, 9.17) is 5.84 Å². The molecule has 1 fully saturated rings. The van der Waals surface area contributed by atoms with Crippen LogP contribution in [-0.4, -0.2) is 22.9 Å². The summed E-state index contributed by atoms with van der Waals surface area (Å²) in [6, 6.07) is 5.75. The van der Waals surface area contributed by atoms with Crippen LogP contribution in [0.4, 0.5) is 11.4 Å². The fourth-order valence-electron chi connectivity index (χ4n) is 2.71. The van der Waals surface area contributed by atoms with Gasteiger partial charge in [-0.2, -0.15) is 0 Å². The number of anilines is 1. The highest BCUT2D eigenvalue weighted by molar-refractivity contribution is 5.61. The molecular formula is C13H20N4O2. The molecule has 1 saturated carbocycles. The van der Waals surface area contributed by atoms with Crippen LogP contribution >= 0.6 is 0 Å². The van der Waals surface area contributed by atoms with Crippen LogP contribution in [0.3, 0.4) is 0 Å². The summed E-state index contributed by atoms with van der Waals surface area (Å²) in [5.74, 6) is 5.27. The number of nitro benzene ring substituents is 1. The topological polar surface area (TPSA) is 84.4 Å². The molecule has 6 nitrogen and oxygen atoms in total. The Bertz CT molecular complexity index is 458. The van der Waals surface area contributed by atoms with Crippen molar-refractivity contribution in [1.29, 1.82) is 0 Å². The second kappa shape index (κ2) is 5.99. The van der Waals surface area contributed by atoms with Crippen LogP contribution in [0.1, 0.15) is 31.2 Å². The maximum atomic E-state index is 11.0. The van der Waals surface area contributed by atoms with Gasteiger partial charge in [-0.3, -0.25) is 20.9 Å². The van der Waals surface area contributed by atoms with E-state index in [-0.39, 0.29) is 5.69 Å². The first-order valence-electron chi connectivity index (χ1n) is 6.56. The Balaban J connectivity index is 2.11. The van der Waals surface area contributed by atoms with E-state index in [9.17, 15) is 10.1 Å². The first-order valence-corrected chi connectivity index (χ1v) is 6.56. The maximum absolute atomic E-state index is 11.0. The van der Waals surface area contributed by atoms with Gasteiger partial charge < -0.3 is 5.43 Å². The zero-order valence-corrected chi connectivity index (χ0v) is 11.1. The molecule has 0 unspecified atom stereocenters. The van der Waals surface area contributed by atoms with Crippen molar-refractivity contribution in [3.05, 3.63) is 33.9 Å². The van der Waals surface area contributed by atoms with Gasteiger partial charge in [0.2, 0.25) is 0 Å². The standard InChI is InChI=1S/C13H20N4O2/c1-16(11-4-2-3-5-11)9-10-6-7-12(15-14)13(8-10)17(18)19/h6-8,11,15H,2-5,9,14H2,1H3. The summed E-state index contributed by atoms with van der Waals surface area (Å²) in [5, 5.41) is 11.0. The van der Waals surface area contributed by atoms with E-state index < -0.39 is 4.92 Å². The van der Waals surface area contributed by atoms with Crippen molar-refractivity contribution >= 4 is 11.4 Å². The number of hydrogen-bond acceptors (Lipinski definition) is 5. The predicted molar refractivity (Wildman–Crippen MR) is 74.6 cm³/mol. The van der Waals surface area contributed by atoms with Crippen LogP contribution in [-0.2, 0) is 6.54 Å². The van der Waals surface area contributed by atoms with Gasteiger partial charge in [-0.1, -0.05) is 18.9 Å². The predicted octanol–water partition coefficient (Wildman–Crippen LogP) is 2.25.